The van der Waals surface area contributed by atoms with Crippen LogP contribution in [0.5, 0.6) is 0 Å². The van der Waals surface area contributed by atoms with Crippen molar-refractivity contribution in [2.45, 2.75) is 19.1 Å². The lowest BCUT2D eigenvalue weighted by Gasteiger charge is -2.24. The van der Waals surface area contributed by atoms with Crippen LogP contribution in [0.2, 0.25) is 0 Å². The van der Waals surface area contributed by atoms with Gasteiger partial charge in [-0.25, -0.2) is 4.79 Å². The summed E-state index contributed by atoms with van der Waals surface area (Å²) in [5.41, 5.74) is 4.29. The van der Waals surface area contributed by atoms with Crippen LogP contribution in [0.15, 0.2) is 60.5 Å². The number of carbonyl (C=O) groups is 2. The number of hydrogen-bond donors (Lipinski definition) is 3. The minimum Gasteiger partial charge on any atom is -0.384 e. The summed E-state index contributed by atoms with van der Waals surface area (Å²) in [4.78, 5) is 32.8. The van der Waals surface area contributed by atoms with Gasteiger partial charge in [0.15, 0.2) is 6.04 Å². The Morgan fingerprint density at radius 1 is 1.19 bits per heavy atom. The number of anilines is 3. The lowest BCUT2D eigenvalue weighted by molar-refractivity contribution is -0.207. The number of alkyl halides is 3. The summed E-state index contributed by atoms with van der Waals surface area (Å²) in [5.74, 6) is -3.25. The standard InChI is InChI=1S/C22H16F3N7O4S/c1-11-7-17(18(33)31-35-20(34)22(23,24)25)32(36-11)15-4-2-3-12(9-15)19-29-30-21(37-19)27-14-5-6-16-13(8-14)10-26-28-16/h2-10,17H,1H3,(H,26,28)(H,27,30)(H,31,33). The number of nitrogens with zero attached hydrogens (tertiary/aromatic N) is 4. The van der Waals surface area contributed by atoms with Gasteiger partial charge in [-0.05, 0) is 43.3 Å². The molecule has 1 atom stereocenters. The number of rotatable bonds is 5. The topological polar surface area (TPSA) is 134 Å². The van der Waals surface area contributed by atoms with Gasteiger partial charge in [0, 0.05) is 16.6 Å². The van der Waals surface area contributed by atoms with Crippen LogP contribution in [-0.2, 0) is 19.3 Å². The first-order valence-corrected chi connectivity index (χ1v) is 11.4. The molecule has 1 unspecified atom stereocenters. The highest BCUT2D eigenvalue weighted by Gasteiger charge is 2.42. The molecular formula is C22H16F3N7O4S. The Labute approximate surface area is 209 Å². The number of hydrogen-bond acceptors (Lipinski definition) is 10. The van der Waals surface area contributed by atoms with E-state index in [0.717, 1.165) is 16.6 Å². The third-order valence-corrected chi connectivity index (χ3v) is 5.98. The van der Waals surface area contributed by atoms with Crippen LogP contribution in [0.4, 0.5) is 29.7 Å². The van der Waals surface area contributed by atoms with Gasteiger partial charge in [-0.15, -0.1) is 10.2 Å². The molecule has 3 N–H and O–H groups in total. The lowest BCUT2D eigenvalue weighted by atomic mass is 10.2. The molecule has 2 aromatic heterocycles. The summed E-state index contributed by atoms with van der Waals surface area (Å²) in [6, 6.07) is 11.3. The van der Waals surface area contributed by atoms with Gasteiger partial charge in [0.1, 0.15) is 10.8 Å². The number of fused-ring (bicyclic) bond motifs is 1. The molecule has 0 saturated carbocycles. The molecule has 190 valence electrons. The number of hydroxylamine groups is 2. The van der Waals surface area contributed by atoms with E-state index in [-0.39, 0.29) is 0 Å². The minimum absolute atomic E-state index is 0.324. The van der Waals surface area contributed by atoms with E-state index in [4.69, 9.17) is 4.84 Å². The van der Waals surface area contributed by atoms with Crippen molar-refractivity contribution in [3.05, 3.63) is 60.5 Å². The predicted molar refractivity (Wildman–Crippen MR) is 126 cm³/mol. The molecule has 0 radical (unpaired) electrons. The fraction of sp³-hybridized carbons (Fsp3) is 0.136. The summed E-state index contributed by atoms with van der Waals surface area (Å²) >= 11 is 1.29. The van der Waals surface area contributed by atoms with Crippen molar-refractivity contribution in [3.8, 4) is 10.6 Å². The average Bonchev–Trinajstić information content (AvgIpc) is 3.61. The van der Waals surface area contributed by atoms with Gasteiger partial charge in [0.05, 0.1) is 17.4 Å². The van der Waals surface area contributed by atoms with E-state index in [1.807, 2.05) is 18.2 Å². The maximum Gasteiger partial charge on any atom is 0.493 e. The maximum absolute atomic E-state index is 12.4. The van der Waals surface area contributed by atoms with Gasteiger partial charge in [-0.3, -0.25) is 9.89 Å². The van der Waals surface area contributed by atoms with Crippen LogP contribution in [0, 0.1) is 0 Å². The molecule has 3 heterocycles. The number of halogens is 3. The van der Waals surface area contributed by atoms with Crippen LogP contribution in [0.1, 0.15) is 6.92 Å². The van der Waals surface area contributed by atoms with E-state index in [2.05, 4.69) is 30.5 Å². The number of aromatic amines is 1. The number of aromatic nitrogens is 4. The van der Waals surface area contributed by atoms with Gasteiger partial charge < -0.3 is 15.0 Å². The second-order valence-corrected chi connectivity index (χ2v) is 8.73. The van der Waals surface area contributed by atoms with Crippen molar-refractivity contribution < 1.29 is 32.4 Å². The molecule has 37 heavy (non-hydrogen) atoms. The Morgan fingerprint density at radius 3 is 2.84 bits per heavy atom. The molecule has 11 nitrogen and oxygen atoms in total. The van der Waals surface area contributed by atoms with Crippen molar-refractivity contribution in [1.82, 2.24) is 25.9 Å². The van der Waals surface area contributed by atoms with E-state index >= 15 is 0 Å². The second kappa shape index (κ2) is 9.42. The summed E-state index contributed by atoms with van der Waals surface area (Å²) < 4.78 is 37.1. The van der Waals surface area contributed by atoms with E-state index in [9.17, 15) is 22.8 Å². The molecule has 0 bridgehead atoms. The van der Waals surface area contributed by atoms with E-state index in [0.29, 0.717) is 27.1 Å². The van der Waals surface area contributed by atoms with Crippen LogP contribution >= 0.6 is 11.3 Å². The van der Waals surface area contributed by atoms with Gasteiger partial charge in [-0.2, -0.15) is 28.8 Å². The molecule has 1 aliphatic heterocycles. The fourth-order valence-corrected chi connectivity index (χ4v) is 4.21. The van der Waals surface area contributed by atoms with Crippen LogP contribution in [0.3, 0.4) is 0 Å². The normalized spacial score (nSPS) is 15.3. The Kier molecular flexibility index (Phi) is 6.12. The smallest absolute Gasteiger partial charge is 0.384 e. The third kappa shape index (κ3) is 5.16. The second-order valence-electron chi connectivity index (χ2n) is 7.75. The molecule has 0 aliphatic carbocycles. The minimum atomic E-state index is -5.25. The molecule has 4 aromatic rings. The number of carbonyl (C=O) groups excluding carboxylic acids is 2. The summed E-state index contributed by atoms with van der Waals surface area (Å²) in [7, 11) is 0. The van der Waals surface area contributed by atoms with Gasteiger partial charge in [0.2, 0.25) is 5.13 Å². The molecule has 1 aliphatic rings. The van der Waals surface area contributed by atoms with Gasteiger partial charge in [-0.1, -0.05) is 23.5 Å². The van der Waals surface area contributed by atoms with Crippen molar-refractivity contribution in [2.24, 2.45) is 0 Å². The first-order chi connectivity index (χ1) is 17.7. The van der Waals surface area contributed by atoms with Crippen molar-refractivity contribution in [1.29, 1.82) is 0 Å². The Hall–Kier alpha value is -4.66. The van der Waals surface area contributed by atoms with E-state index in [1.54, 1.807) is 37.4 Å². The highest BCUT2D eigenvalue weighted by Crippen LogP contribution is 2.33. The first-order valence-electron chi connectivity index (χ1n) is 10.5. The predicted octanol–water partition coefficient (Wildman–Crippen LogP) is 3.99. The average molecular weight is 531 g/mol. The summed E-state index contributed by atoms with van der Waals surface area (Å²) in [6.07, 6.45) is -2.17. The van der Waals surface area contributed by atoms with Crippen molar-refractivity contribution >= 4 is 50.6 Å². The zero-order chi connectivity index (χ0) is 26.2. The number of benzene rings is 2. The number of amides is 1. The first kappa shape index (κ1) is 24.1. The zero-order valence-corrected chi connectivity index (χ0v) is 19.6. The van der Waals surface area contributed by atoms with Crippen molar-refractivity contribution in [3.63, 3.8) is 0 Å². The summed E-state index contributed by atoms with van der Waals surface area (Å²) in [6.45, 7) is 1.56. The highest BCUT2D eigenvalue weighted by atomic mass is 32.1. The van der Waals surface area contributed by atoms with Gasteiger partial charge >= 0.3 is 12.1 Å². The fourth-order valence-electron chi connectivity index (χ4n) is 3.45. The SMILES string of the molecule is CC1=CC(C(=O)NOC(=O)C(F)(F)F)N(c2cccc(-c3nnc(Nc4ccc5[nH]ncc5c4)s3)c2)O1. The highest BCUT2D eigenvalue weighted by molar-refractivity contribution is 7.18. The lowest BCUT2D eigenvalue weighted by Crippen LogP contribution is -2.45. The zero-order valence-electron chi connectivity index (χ0n) is 18.7. The Balaban J connectivity index is 1.31. The molecule has 0 saturated heterocycles. The monoisotopic (exact) mass is 531 g/mol. The number of H-pyrrole nitrogens is 1. The van der Waals surface area contributed by atoms with Crippen LogP contribution in [-0.4, -0.2) is 44.5 Å². The molecular weight excluding hydrogens is 515 g/mol. The largest absolute Gasteiger partial charge is 0.493 e. The molecule has 2 aromatic carbocycles. The van der Waals surface area contributed by atoms with E-state index < -0.39 is 24.1 Å². The molecule has 5 rings (SSSR count). The molecule has 0 fully saturated rings. The van der Waals surface area contributed by atoms with E-state index in [1.165, 1.54) is 28.0 Å². The molecule has 0 spiro atoms. The van der Waals surface area contributed by atoms with Crippen LogP contribution in [0.25, 0.3) is 21.5 Å². The quantitative estimate of drug-likeness (QED) is 0.327. The van der Waals surface area contributed by atoms with Crippen molar-refractivity contribution in [2.75, 3.05) is 10.4 Å². The summed E-state index contributed by atoms with van der Waals surface area (Å²) in [5, 5.41) is 21.7. The van der Waals surface area contributed by atoms with Gasteiger partial charge in [0.25, 0.3) is 5.91 Å². The molecule has 1 amide bonds. The number of nitrogens with one attached hydrogen (secondary N) is 3. The van der Waals surface area contributed by atoms with Crippen LogP contribution < -0.4 is 15.9 Å². The maximum atomic E-state index is 12.4. The Bertz CT molecular complexity index is 1520. The third-order valence-electron chi connectivity index (χ3n) is 5.10. The number of allylic oxidation sites excluding steroid dienone is 1. The Morgan fingerprint density at radius 2 is 2.03 bits per heavy atom. The molecule has 15 heteroatoms.